The topological polar surface area (TPSA) is 79.3 Å². The summed E-state index contributed by atoms with van der Waals surface area (Å²) in [5.41, 5.74) is 0.652. The maximum absolute atomic E-state index is 13.0. The summed E-state index contributed by atoms with van der Waals surface area (Å²) < 4.78 is 13.0. The number of carboxylic acid groups (broad SMARTS) is 1. The zero-order chi connectivity index (χ0) is 15.9. The minimum Gasteiger partial charge on any atom is -0.476 e. The Bertz CT molecular complexity index is 712. The Morgan fingerprint density at radius 3 is 2.91 bits per heavy atom. The van der Waals surface area contributed by atoms with Crippen LogP contribution in [0.1, 0.15) is 27.5 Å². The highest BCUT2D eigenvalue weighted by molar-refractivity contribution is 7.09. The van der Waals surface area contributed by atoms with Crippen molar-refractivity contribution < 1.29 is 19.1 Å². The summed E-state index contributed by atoms with van der Waals surface area (Å²) in [4.78, 5) is 26.2. The first-order valence-corrected chi connectivity index (χ1v) is 7.29. The molecule has 1 aromatic heterocycles. The quantitative estimate of drug-likeness (QED) is 0.857. The van der Waals surface area contributed by atoms with Gasteiger partial charge in [-0.3, -0.25) is 4.79 Å². The number of halogens is 1. The van der Waals surface area contributed by atoms with Crippen LogP contribution in [0.5, 0.6) is 0 Å². The average Bonchev–Trinajstić information content (AvgIpc) is 2.94. The van der Waals surface area contributed by atoms with Crippen LogP contribution in [0.25, 0.3) is 6.08 Å². The molecular weight excluding hydrogens is 307 g/mol. The van der Waals surface area contributed by atoms with Gasteiger partial charge in [0.25, 0.3) is 0 Å². The van der Waals surface area contributed by atoms with Gasteiger partial charge in [-0.05, 0) is 17.7 Å². The number of thiazole rings is 1. The Balaban J connectivity index is 1.79. The van der Waals surface area contributed by atoms with Crippen LogP contribution in [0, 0.1) is 5.82 Å². The maximum atomic E-state index is 13.0. The molecule has 22 heavy (non-hydrogen) atoms. The number of aromatic nitrogens is 1. The van der Waals surface area contributed by atoms with Crippen LogP contribution in [0.3, 0.4) is 0 Å². The highest BCUT2D eigenvalue weighted by atomic mass is 32.1. The monoisotopic (exact) mass is 320 g/mol. The summed E-state index contributed by atoms with van der Waals surface area (Å²) in [6.07, 6.45) is 3.44. The van der Waals surface area contributed by atoms with Crippen molar-refractivity contribution in [1.82, 2.24) is 10.3 Å². The second-order valence-corrected chi connectivity index (χ2v) is 5.31. The van der Waals surface area contributed by atoms with Crippen LogP contribution in [0.4, 0.5) is 4.39 Å². The van der Waals surface area contributed by atoms with Gasteiger partial charge in [0.15, 0.2) is 5.69 Å². The van der Waals surface area contributed by atoms with E-state index in [0.29, 0.717) is 10.6 Å². The van der Waals surface area contributed by atoms with Crippen molar-refractivity contribution >= 4 is 29.3 Å². The van der Waals surface area contributed by atoms with Gasteiger partial charge in [0, 0.05) is 11.8 Å². The van der Waals surface area contributed by atoms with E-state index in [1.807, 2.05) is 0 Å². The van der Waals surface area contributed by atoms with Crippen molar-refractivity contribution in [3.63, 3.8) is 0 Å². The molecule has 2 rings (SSSR count). The van der Waals surface area contributed by atoms with E-state index in [1.54, 1.807) is 24.3 Å². The van der Waals surface area contributed by atoms with Crippen LogP contribution in [-0.2, 0) is 11.3 Å². The molecule has 0 radical (unpaired) electrons. The number of carbonyl (C=O) groups excluding carboxylic acids is 1. The van der Waals surface area contributed by atoms with E-state index < -0.39 is 5.97 Å². The molecule has 114 valence electrons. The van der Waals surface area contributed by atoms with Crippen molar-refractivity contribution in [2.24, 2.45) is 0 Å². The maximum Gasteiger partial charge on any atom is 0.355 e. The number of carboxylic acids is 1. The Labute approximate surface area is 130 Å². The summed E-state index contributed by atoms with van der Waals surface area (Å²) >= 11 is 1.18. The van der Waals surface area contributed by atoms with Crippen molar-refractivity contribution in [3.8, 4) is 0 Å². The first kappa shape index (κ1) is 15.8. The van der Waals surface area contributed by atoms with Gasteiger partial charge in [-0.2, -0.15) is 0 Å². The molecule has 0 saturated carbocycles. The van der Waals surface area contributed by atoms with Crippen LogP contribution in [-0.4, -0.2) is 22.0 Å². The summed E-state index contributed by atoms with van der Waals surface area (Å²) in [6.45, 7) is 0.185. The van der Waals surface area contributed by atoms with Gasteiger partial charge < -0.3 is 10.4 Å². The van der Waals surface area contributed by atoms with Crippen molar-refractivity contribution in [1.29, 1.82) is 0 Å². The van der Waals surface area contributed by atoms with Crippen molar-refractivity contribution in [3.05, 3.63) is 57.8 Å². The SMILES string of the molecule is O=C(C/C=C/c1cccc(F)c1)NCc1nc(C(=O)O)cs1. The number of benzene rings is 1. The van der Waals surface area contributed by atoms with Gasteiger partial charge in [-0.15, -0.1) is 11.3 Å². The molecule has 0 saturated heterocycles. The number of nitrogens with one attached hydrogen (secondary N) is 1. The highest BCUT2D eigenvalue weighted by Crippen LogP contribution is 2.09. The summed E-state index contributed by atoms with van der Waals surface area (Å²) in [6, 6.07) is 6.05. The lowest BCUT2D eigenvalue weighted by atomic mass is 10.2. The summed E-state index contributed by atoms with van der Waals surface area (Å²) in [5.74, 6) is -1.64. The molecule has 2 aromatic rings. The van der Waals surface area contributed by atoms with Gasteiger partial charge in [-0.25, -0.2) is 14.2 Å². The number of amides is 1. The minimum absolute atomic E-state index is 0.0275. The normalized spacial score (nSPS) is 10.8. The van der Waals surface area contributed by atoms with E-state index in [-0.39, 0.29) is 30.4 Å². The minimum atomic E-state index is -1.09. The van der Waals surface area contributed by atoms with Gasteiger partial charge in [-0.1, -0.05) is 24.3 Å². The second kappa shape index (κ2) is 7.46. The fraction of sp³-hybridized carbons (Fsp3) is 0.133. The molecule has 1 heterocycles. The number of hydrogen-bond donors (Lipinski definition) is 2. The first-order chi connectivity index (χ1) is 10.5. The lowest BCUT2D eigenvalue weighted by Crippen LogP contribution is -2.21. The van der Waals surface area contributed by atoms with Crippen LogP contribution < -0.4 is 5.32 Å². The van der Waals surface area contributed by atoms with Crippen molar-refractivity contribution in [2.45, 2.75) is 13.0 Å². The predicted octanol–water partition coefficient (Wildman–Crippen LogP) is 2.70. The fourth-order valence-corrected chi connectivity index (χ4v) is 2.36. The zero-order valence-corrected chi connectivity index (χ0v) is 12.3. The molecule has 0 aliphatic rings. The average molecular weight is 320 g/mol. The smallest absolute Gasteiger partial charge is 0.355 e. The molecule has 0 unspecified atom stereocenters. The van der Waals surface area contributed by atoms with E-state index >= 15 is 0 Å². The molecule has 0 atom stereocenters. The van der Waals surface area contributed by atoms with Gasteiger partial charge >= 0.3 is 5.97 Å². The molecule has 0 spiro atoms. The molecule has 0 bridgehead atoms. The molecule has 2 N–H and O–H groups in total. The van der Waals surface area contributed by atoms with Gasteiger partial charge in [0.2, 0.25) is 5.91 Å². The van der Waals surface area contributed by atoms with Gasteiger partial charge in [0.1, 0.15) is 10.8 Å². The lowest BCUT2D eigenvalue weighted by molar-refractivity contribution is -0.120. The third-order valence-electron chi connectivity index (χ3n) is 2.67. The molecule has 1 aromatic carbocycles. The lowest BCUT2D eigenvalue weighted by Gasteiger charge is -2.00. The van der Waals surface area contributed by atoms with E-state index in [2.05, 4.69) is 10.3 Å². The molecule has 1 amide bonds. The number of rotatable bonds is 6. The summed E-state index contributed by atoms with van der Waals surface area (Å²) in [7, 11) is 0. The molecular formula is C15H13FN2O3S. The molecule has 7 heteroatoms. The molecule has 5 nitrogen and oxygen atoms in total. The number of hydrogen-bond acceptors (Lipinski definition) is 4. The predicted molar refractivity (Wildman–Crippen MR) is 81.0 cm³/mol. The number of carbonyl (C=O) groups is 2. The zero-order valence-electron chi connectivity index (χ0n) is 11.5. The standard InChI is InChI=1S/C15H13FN2O3S/c16-11-5-1-3-10(7-11)4-2-6-13(19)17-8-14-18-12(9-22-14)15(20)21/h1-5,7,9H,6,8H2,(H,17,19)(H,20,21)/b4-2+. The Kier molecular flexibility index (Phi) is 5.37. The van der Waals surface area contributed by atoms with E-state index in [0.717, 1.165) is 0 Å². The fourth-order valence-electron chi connectivity index (χ4n) is 1.65. The van der Waals surface area contributed by atoms with Crippen LogP contribution in [0.2, 0.25) is 0 Å². The molecule has 0 aliphatic heterocycles. The van der Waals surface area contributed by atoms with Gasteiger partial charge in [0.05, 0.1) is 6.54 Å². The van der Waals surface area contributed by atoms with E-state index in [9.17, 15) is 14.0 Å². The third kappa shape index (κ3) is 4.78. The highest BCUT2D eigenvalue weighted by Gasteiger charge is 2.08. The number of nitrogens with zero attached hydrogens (tertiary/aromatic N) is 1. The van der Waals surface area contributed by atoms with E-state index in [4.69, 9.17) is 5.11 Å². The third-order valence-corrected chi connectivity index (χ3v) is 3.52. The number of aromatic carboxylic acids is 1. The first-order valence-electron chi connectivity index (χ1n) is 6.41. The molecule has 0 aliphatic carbocycles. The Morgan fingerprint density at radius 2 is 2.23 bits per heavy atom. The van der Waals surface area contributed by atoms with Crippen LogP contribution in [0.15, 0.2) is 35.7 Å². The Morgan fingerprint density at radius 1 is 1.41 bits per heavy atom. The largest absolute Gasteiger partial charge is 0.476 e. The second-order valence-electron chi connectivity index (χ2n) is 4.37. The van der Waals surface area contributed by atoms with Crippen molar-refractivity contribution in [2.75, 3.05) is 0 Å². The Hall–Kier alpha value is -2.54. The summed E-state index contributed by atoms with van der Waals surface area (Å²) in [5, 5.41) is 13.3. The van der Waals surface area contributed by atoms with E-state index in [1.165, 1.54) is 28.8 Å². The molecule has 0 fully saturated rings. The van der Waals surface area contributed by atoms with Crippen LogP contribution >= 0.6 is 11.3 Å².